The minimum Gasteiger partial charge on any atom is -0.486 e. The Kier molecular flexibility index (Phi) is 6.54. The molecule has 0 atom stereocenters. The molecular formula is C14H14Br4O3. The molecule has 1 rings (SSSR count). The number of esters is 1. The standard InChI is InChI=1S/C14H14Br4O3/c1-6(2)13(19)20-11-7(15)9(17)12(10(18)8(11)16)21-14(3,4)5/h1H2,2-5H3. The fourth-order valence-electron chi connectivity index (χ4n) is 1.26. The molecule has 1 aromatic carbocycles. The van der Waals surface area contributed by atoms with Gasteiger partial charge in [0.05, 0.1) is 17.9 Å². The largest absolute Gasteiger partial charge is 0.486 e. The van der Waals surface area contributed by atoms with Crippen LogP contribution in [-0.4, -0.2) is 11.6 Å². The molecule has 0 N–H and O–H groups in total. The van der Waals surface area contributed by atoms with E-state index >= 15 is 0 Å². The Morgan fingerprint density at radius 3 is 1.67 bits per heavy atom. The maximum absolute atomic E-state index is 11.7. The number of ether oxygens (including phenoxy) is 2. The van der Waals surface area contributed by atoms with E-state index in [1.54, 1.807) is 6.92 Å². The molecule has 0 saturated heterocycles. The Morgan fingerprint density at radius 2 is 1.33 bits per heavy atom. The monoisotopic (exact) mass is 546 g/mol. The lowest BCUT2D eigenvalue weighted by molar-refractivity contribution is -0.130. The maximum atomic E-state index is 11.7. The summed E-state index contributed by atoms with van der Waals surface area (Å²) in [5.74, 6) is 0.457. The topological polar surface area (TPSA) is 35.5 Å². The molecule has 0 amide bonds. The third kappa shape index (κ3) is 4.81. The van der Waals surface area contributed by atoms with Gasteiger partial charge in [-0.2, -0.15) is 0 Å². The van der Waals surface area contributed by atoms with Crippen LogP contribution in [0.2, 0.25) is 0 Å². The van der Waals surface area contributed by atoms with Gasteiger partial charge in [0.2, 0.25) is 0 Å². The Bertz CT molecular complexity index is 574. The molecular weight excluding hydrogens is 536 g/mol. The molecule has 0 spiro atoms. The molecule has 0 aliphatic heterocycles. The van der Waals surface area contributed by atoms with Gasteiger partial charge in [-0.3, -0.25) is 0 Å². The van der Waals surface area contributed by atoms with E-state index < -0.39 is 5.97 Å². The van der Waals surface area contributed by atoms with E-state index in [4.69, 9.17) is 9.47 Å². The third-order valence-corrected chi connectivity index (χ3v) is 6.22. The Morgan fingerprint density at radius 1 is 0.952 bits per heavy atom. The molecule has 0 bridgehead atoms. The van der Waals surface area contributed by atoms with Gasteiger partial charge in [-0.05, 0) is 91.4 Å². The van der Waals surface area contributed by atoms with Crippen LogP contribution in [0.1, 0.15) is 27.7 Å². The molecule has 3 nitrogen and oxygen atoms in total. The molecule has 0 unspecified atom stereocenters. The van der Waals surface area contributed by atoms with Gasteiger partial charge >= 0.3 is 5.97 Å². The molecule has 0 fully saturated rings. The highest BCUT2D eigenvalue weighted by molar-refractivity contribution is 9.14. The summed E-state index contributed by atoms with van der Waals surface area (Å²) in [5.41, 5.74) is -0.0594. The second kappa shape index (κ2) is 7.15. The first kappa shape index (κ1) is 19.2. The lowest BCUT2D eigenvalue weighted by atomic mass is 10.2. The minimum absolute atomic E-state index is 0.316. The number of carbonyl (C=O) groups is 1. The van der Waals surface area contributed by atoms with E-state index in [9.17, 15) is 4.79 Å². The third-order valence-electron chi connectivity index (χ3n) is 2.13. The van der Waals surface area contributed by atoms with E-state index in [-0.39, 0.29) is 5.60 Å². The van der Waals surface area contributed by atoms with Crippen LogP contribution in [0.3, 0.4) is 0 Å². The van der Waals surface area contributed by atoms with Crippen LogP contribution in [0.5, 0.6) is 11.5 Å². The van der Waals surface area contributed by atoms with Crippen molar-refractivity contribution in [1.29, 1.82) is 0 Å². The number of hydrogen-bond donors (Lipinski definition) is 0. The first-order chi connectivity index (χ1) is 9.45. The van der Waals surface area contributed by atoms with Crippen molar-refractivity contribution >= 4 is 69.7 Å². The average Bonchev–Trinajstić information content (AvgIpc) is 2.36. The number of benzene rings is 1. The summed E-state index contributed by atoms with van der Waals surface area (Å²) >= 11 is 13.8. The molecule has 116 valence electrons. The maximum Gasteiger partial charge on any atom is 0.338 e. The predicted molar refractivity (Wildman–Crippen MR) is 98.1 cm³/mol. The van der Waals surface area contributed by atoms with Crippen LogP contribution in [0, 0.1) is 0 Å². The Balaban J connectivity index is 3.39. The highest BCUT2D eigenvalue weighted by Crippen LogP contribution is 2.51. The molecule has 7 heteroatoms. The van der Waals surface area contributed by atoms with Gasteiger partial charge in [0, 0.05) is 5.57 Å². The summed E-state index contributed by atoms with van der Waals surface area (Å²) in [6.45, 7) is 11.0. The highest BCUT2D eigenvalue weighted by atomic mass is 79.9. The van der Waals surface area contributed by atoms with Gasteiger partial charge in [-0.25, -0.2) is 4.79 Å². The molecule has 0 aliphatic carbocycles. The van der Waals surface area contributed by atoms with Crippen molar-refractivity contribution in [2.75, 3.05) is 0 Å². The van der Waals surface area contributed by atoms with Crippen molar-refractivity contribution in [3.05, 3.63) is 30.0 Å². The van der Waals surface area contributed by atoms with Crippen molar-refractivity contribution < 1.29 is 14.3 Å². The first-order valence-corrected chi connectivity index (χ1v) is 9.05. The van der Waals surface area contributed by atoms with E-state index in [0.717, 1.165) is 0 Å². The zero-order valence-corrected chi connectivity index (χ0v) is 18.3. The summed E-state index contributed by atoms with van der Waals surface area (Å²) < 4.78 is 13.7. The summed E-state index contributed by atoms with van der Waals surface area (Å²) in [7, 11) is 0. The van der Waals surface area contributed by atoms with Gasteiger partial charge in [0.1, 0.15) is 5.60 Å². The molecule has 0 aliphatic rings. The Hall–Kier alpha value is 0.150. The van der Waals surface area contributed by atoms with Crippen molar-refractivity contribution in [1.82, 2.24) is 0 Å². The first-order valence-electron chi connectivity index (χ1n) is 5.88. The molecule has 0 saturated carbocycles. The van der Waals surface area contributed by atoms with Crippen molar-refractivity contribution in [2.24, 2.45) is 0 Å². The van der Waals surface area contributed by atoms with Crippen LogP contribution in [-0.2, 0) is 4.79 Å². The number of carbonyl (C=O) groups excluding carboxylic acids is 1. The smallest absolute Gasteiger partial charge is 0.338 e. The molecule has 0 aromatic heterocycles. The molecule has 0 radical (unpaired) electrons. The summed E-state index contributed by atoms with van der Waals surface area (Å²) in [4.78, 5) is 11.7. The fraction of sp³-hybridized carbons (Fsp3) is 0.357. The lowest BCUT2D eigenvalue weighted by Gasteiger charge is -2.25. The van der Waals surface area contributed by atoms with Crippen LogP contribution in [0.4, 0.5) is 0 Å². The number of halogens is 4. The highest BCUT2D eigenvalue weighted by Gasteiger charge is 2.26. The van der Waals surface area contributed by atoms with Crippen LogP contribution in [0.15, 0.2) is 30.0 Å². The van der Waals surface area contributed by atoms with Crippen LogP contribution >= 0.6 is 63.7 Å². The lowest BCUT2D eigenvalue weighted by Crippen LogP contribution is -2.23. The van der Waals surface area contributed by atoms with E-state index in [1.165, 1.54) is 0 Å². The summed E-state index contributed by atoms with van der Waals surface area (Å²) in [6.07, 6.45) is 0. The zero-order valence-electron chi connectivity index (χ0n) is 11.9. The average molecular weight is 550 g/mol. The SMILES string of the molecule is C=C(C)C(=O)Oc1c(Br)c(Br)c(OC(C)(C)C)c(Br)c1Br. The van der Waals surface area contributed by atoms with Gasteiger partial charge in [0.15, 0.2) is 11.5 Å². The Labute approximate surface area is 158 Å². The molecule has 0 heterocycles. The van der Waals surface area contributed by atoms with E-state index in [1.807, 2.05) is 20.8 Å². The van der Waals surface area contributed by atoms with E-state index in [2.05, 4.69) is 70.3 Å². The second-order valence-corrected chi connectivity index (χ2v) is 8.47. The van der Waals surface area contributed by atoms with Gasteiger partial charge in [0.25, 0.3) is 0 Å². The van der Waals surface area contributed by atoms with Crippen molar-refractivity contribution in [3.8, 4) is 11.5 Å². The second-order valence-electron chi connectivity index (χ2n) is 5.30. The van der Waals surface area contributed by atoms with Gasteiger partial charge < -0.3 is 9.47 Å². The van der Waals surface area contributed by atoms with Crippen LogP contribution < -0.4 is 9.47 Å². The number of rotatable bonds is 3. The summed E-state index contributed by atoms with van der Waals surface area (Å²) in [5, 5.41) is 0. The van der Waals surface area contributed by atoms with Crippen molar-refractivity contribution in [2.45, 2.75) is 33.3 Å². The zero-order chi connectivity index (χ0) is 16.5. The van der Waals surface area contributed by atoms with Gasteiger partial charge in [-0.15, -0.1) is 0 Å². The normalized spacial score (nSPS) is 11.2. The van der Waals surface area contributed by atoms with E-state index in [0.29, 0.717) is 35.0 Å². The van der Waals surface area contributed by atoms with Crippen LogP contribution in [0.25, 0.3) is 0 Å². The minimum atomic E-state index is -0.500. The molecule has 1 aromatic rings. The quantitative estimate of drug-likeness (QED) is 0.190. The molecule has 21 heavy (non-hydrogen) atoms. The van der Waals surface area contributed by atoms with Crippen molar-refractivity contribution in [3.63, 3.8) is 0 Å². The summed E-state index contributed by atoms with van der Waals surface area (Å²) in [6, 6.07) is 0. The number of hydrogen-bond acceptors (Lipinski definition) is 3. The predicted octanol–water partition coefficient (Wildman–Crippen LogP) is 6.40. The van der Waals surface area contributed by atoms with Gasteiger partial charge in [-0.1, -0.05) is 6.58 Å². The fourth-order valence-corrected chi connectivity index (χ4v) is 3.63.